The number of fused-ring (bicyclic) bond motifs is 1. The van der Waals surface area contributed by atoms with Gasteiger partial charge >= 0.3 is 0 Å². The number of carbonyl (C=O) groups is 1. The number of halogens is 2. The normalized spacial score (nSPS) is 16.2. The summed E-state index contributed by atoms with van der Waals surface area (Å²) >= 11 is 6.05. The van der Waals surface area contributed by atoms with Crippen molar-refractivity contribution in [2.24, 2.45) is 5.73 Å². The van der Waals surface area contributed by atoms with Gasteiger partial charge in [-0.1, -0.05) is 23.7 Å². The molecule has 1 aromatic carbocycles. The molecule has 0 bridgehead atoms. The van der Waals surface area contributed by atoms with Gasteiger partial charge in [-0.3, -0.25) is 9.48 Å². The molecule has 3 rings (SSSR count). The molecule has 7 heteroatoms. The van der Waals surface area contributed by atoms with E-state index in [1.54, 1.807) is 6.20 Å². The minimum atomic E-state index is -0.128. The Bertz CT molecular complexity index is 689. The molecule has 0 aliphatic carbocycles. The van der Waals surface area contributed by atoms with Crippen molar-refractivity contribution in [1.29, 1.82) is 0 Å². The molecule has 1 aromatic heterocycles. The Labute approximate surface area is 153 Å². The highest BCUT2D eigenvalue weighted by atomic mass is 35.5. The van der Waals surface area contributed by atoms with E-state index in [2.05, 4.69) is 5.10 Å². The lowest BCUT2D eigenvalue weighted by molar-refractivity contribution is -0.134. The molecule has 2 aromatic rings. The second-order valence-electron chi connectivity index (χ2n) is 5.85. The Morgan fingerprint density at radius 1 is 1.42 bits per heavy atom. The van der Waals surface area contributed by atoms with Crippen molar-refractivity contribution in [3.63, 3.8) is 0 Å². The average Bonchev–Trinajstić information content (AvgIpc) is 3.02. The first-order valence-electron chi connectivity index (χ1n) is 7.94. The second-order valence-corrected chi connectivity index (χ2v) is 6.29. The zero-order chi connectivity index (χ0) is 16.2. The predicted molar refractivity (Wildman–Crippen MR) is 97.4 cm³/mol. The number of nitrogens with two attached hydrogens (primary N) is 1. The number of hydrogen-bond acceptors (Lipinski definition) is 3. The molecular formula is C17H22Cl2N4O. The molecule has 130 valence electrons. The lowest BCUT2D eigenvalue weighted by Gasteiger charge is -2.30. The summed E-state index contributed by atoms with van der Waals surface area (Å²) in [4.78, 5) is 14.9. The second kappa shape index (κ2) is 8.51. The van der Waals surface area contributed by atoms with Crippen molar-refractivity contribution in [2.45, 2.75) is 31.8 Å². The molecule has 1 aliphatic rings. The summed E-state index contributed by atoms with van der Waals surface area (Å²) in [5.74, 6) is -0.00569. The van der Waals surface area contributed by atoms with Crippen LogP contribution in [0.2, 0.25) is 5.02 Å². The molecule has 0 spiro atoms. The van der Waals surface area contributed by atoms with Crippen LogP contribution in [0.25, 0.3) is 0 Å². The van der Waals surface area contributed by atoms with Crippen LogP contribution in [0.4, 0.5) is 0 Å². The fourth-order valence-corrected chi connectivity index (χ4v) is 3.38. The number of aryl methyl sites for hydroxylation is 1. The van der Waals surface area contributed by atoms with Crippen molar-refractivity contribution in [3.8, 4) is 0 Å². The Kier molecular flexibility index (Phi) is 6.66. The van der Waals surface area contributed by atoms with Crippen molar-refractivity contribution < 1.29 is 4.79 Å². The fourth-order valence-electron chi connectivity index (χ4n) is 3.17. The number of benzene rings is 1. The smallest absolute Gasteiger partial charge is 0.232 e. The summed E-state index contributed by atoms with van der Waals surface area (Å²) in [6.07, 6.45) is 3.60. The van der Waals surface area contributed by atoms with Gasteiger partial charge in [0.25, 0.3) is 0 Å². The van der Waals surface area contributed by atoms with Crippen LogP contribution in [-0.2, 0) is 17.9 Å². The van der Waals surface area contributed by atoms with Crippen LogP contribution in [0.3, 0.4) is 0 Å². The molecule has 1 amide bonds. The zero-order valence-corrected chi connectivity index (χ0v) is 15.0. The number of hydrogen-bond donors (Lipinski definition) is 1. The third-order valence-corrected chi connectivity index (χ3v) is 4.48. The van der Waals surface area contributed by atoms with E-state index in [9.17, 15) is 4.79 Å². The van der Waals surface area contributed by atoms with E-state index in [1.165, 1.54) is 0 Å². The highest BCUT2D eigenvalue weighted by Crippen LogP contribution is 2.29. The Hall–Kier alpha value is -1.56. The van der Waals surface area contributed by atoms with Crippen LogP contribution < -0.4 is 5.73 Å². The monoisotopic (exact) mass is 368 g/mol. The number of aromatic nitrogens is 2. The van der Waals surface area contributed by atoms with Crippen LogP contribution in [0, 0.1) is 0 Å². The Morgan fingerprint density at radius 2 is 2.25 bits per heavy atom. The van der Waals surface area contributed by atoms with Crippen LogP contribution in [0.5, 0.6) is 0 Å². The van der Waals surface area contributed by atoms with E-state index in [-0.39, 0.29) is 24.2 Å². The Morgan fingerprint density at radius 3 is 3.00 bits per heavy atom. The first kappa shape index (κ1) is 18.8. The van der Waals surface area contributed by atoms with E-state index in [4.69, 9.17) is 17.3 Å². The first-order chi connectivity index (χ1) is 11.2. The van der Waals surface area contributed by atoms with Crippen molar-refractivity contribution >= 4 is 29.9 Å². The van der Waals surface area contributed by atoms with E-state index in [1.807, 2.05) is 39.9 Å². The van der Waals surface area contributed by atoms with Gasteiger partial charge in [0.2, 0.25) is 5.91 Å². The molecule has 0 saturated heterocycles. The molecule has 5 nitrogen and oxygen atoms in total. The maximum absolute atomic E-state index is 13.0. The minimum absolute atomic E-state index is 0. The molecule has 24 heavy (non-hydrogen) atoms. The summed E-state index contributed by atoms with van der Waals surface area (Å²) in [7, 11) is 0. The lowest BCUT2D eigenvalue weighted by Crippen LogP contribution is -2.39. The first-order valence-corrected chi connectivity index (χ1v) is 8.32. The maximum atomic E-state index is 13.0. The molecule has 0 fully saturated rings. The standard InChI is InChI=1S/C17H21ClN4O.ClH/c18-14-4-1-3-13(11-14)12-21(10-7-19)17(23)15-5-2-9-22-16(15)6-8-20-22;/h1,3-4,6,8,11,15H,2,5,7,9-10,12,19H2;1H. The number of carbonyl (C=O) groups excluding carboxylic acids is 1. The van der Waals surface area contributed by atoms with Crippen molar-refractivity contribution in [2.75, 3.05) is 13.1 Å². The Balaban J connectivity index is 0.00000208. The van der Waals surface area contributed by atoms with Gasteiger partial charge < -0.3 is 10.6 Å². The third kappa shape index (κ3) is 4.09. The third-order valence-electron chi connectivity index (χ3n) is 4.24. The van der Waals surface area contributed by atoms with Gasteiger partial charge in [-0.15, -0.1) is 12.4 Å². The summed E-state index contributed by atoms with van der Waals surface area (Å²) < 4.78 is 1.94. The van der Waals surface area contributed by atoms with E-state index < -0.39 is 0 Å². The zero-order valence-electron chi connectivity index (χ0n) is 13.4. The van der Waals surface area contributed by atoms with Gasteiger partial charge in [-0.2, -0.15) is 5.10 Å². The highest BCUT2D eigenvalue weighted by molar-refractivity contribution is 6.30. The number of rotatable bonds is 5. The van der Waals surface area contributed by atoms with Crippen molar-refractivity contribution in [3.05, 3.63) is 52.8 Å². The molecule has 2 N–H and O–H groups in total. The van der Waals surface area contributed by atoms with Crippen molar-refractivity contribution in [1.82, 2.24) is 14.7 Å². The van der Waals surface area contributed by atoms with Crippen LogP contribution in [0.1, 0.15) is 30.0 Å². The molecule has 2 heterocycles. The summed E-state index contributed by atoms with van der Waals surface area (Å²) in [6, 6.07) is 9.55. The largest absolute Gasteiger partial charge is 0.337 e. The van der Waals surface area contributed by atoms with Crippen LogP contribution in [0.15, 0.2) is 36.5 Å². The lowest BCUT2D eigenvalue weighted by atomic mass is 9.94. The highest BCUT2D eigenvalue weighted by Gasteiger charge is 2.30. The van der Waals surface area contributed by atoms with Gasteiger partial charge in [-0.25, -0.2) is 0 Å². The fraction of sp³-hybridized carbons (Fsp3) is 0.412. The maximum Gasteiger partial charge on any atom is 0.232 e. The summed E-state index contributed by atoms with van der Waals surface area (Å²) in [5, 5.41) is 4.97. The van der Waals surface area contributed by atoms with Crippen LogP contribution >= 0.6 is 24.0 Å². The molecular weight excluding hydrogens is 347 g/mol. The molecule has 0 radical (unpaired) electrons. The van der Waals surface area contributed by atoms with Gasteiger partial charge in [0, 0.05) is 37.4 Å². The average molecular weight is 369 g/mol. The van der Waals surface area contributed by atoms with E-state index >= 15 is 0 Å². The summed E-state index contributed by atoms with van der Waals surface area (Å²) in [6.45, 7) is 2.40. The van der Waals surface area contributed by atoms with Gasteiger partial charge in [-0.05, 0) is 36.6 Å². The predicted octanol–water partition coefficient (Wildman–Crippen LogP) is 2.82. The van der Waals surface area contributed by atoms with Gasteiger partial charge in [0.15, 0.2) is 0 Å². The minimum Gasteiger partial charge on any atom is -0.337 e. The molecule has 1 atom stereocenters. The number of nitrogens with zero attached hydrogens (tertiary/aromatic N) is 3. The molecule has 1 aliphatic heterocycles. The van der Waals surface area contributed by atoms with Gasteiger partial charge in [0.05, 0.1) is 11.6 Å². The van der Waals surface area contributed by atoms with E-state index in [0.29, 0.717) is 24.7 Å². The SMILES string of the molecule is Cl.NCCN(Cc1cccc(Cl)c1)C(=O)C1CCCn2nccc21. The van der Waals surface area contributed by atoms with Gasteiger partial charge in [0.1, 0.15) is 0 Å². The molecule has 0 saturated carbocycles. The molecule has 1 unspecified atom stereocenters. The van der Waals surface area contributed by atoms with Crippen LogP contribution in [-0.4, -0.2) is 33.7 Å². The quantitative estimate of drug-likeness (QED) is 0.882. The van der Waals surface area contributed by atoms with E-state index in [0.717, 1.165) is 30.6 Å². The summed E-state index contributed by atoms with van der Waals surface area (Å²) in [5.41, 5.74) is 7.74. The topological polar surface area (TPSA) is 64.2 Å². The number of amides is 1.